The Morgan fingerprint density at radius 1 is 1.25 bits per heavy atom. The summed E-state index contributed by atoms with van der Waals surface area (Å²) >= 11 is 3.56. The second-order valence-electron chi connectivity index (χ2n) is 7.27. The molecule has 1 aromatic rings. The molecule has 0 spiro atoms. The highest BCUT2D eigenvalue weighted by atomic mass is 79.9. The molecule has 2 aliphatic heterocycles. The summed E-state index contributed by atoms with van der Waals surface area (Å²) < 4.78 is 7.21. The average Bonchev–Trinajstić information content (AvgIpc) is 2.71. The molecule has 3 nitrogen and oxygen atoms in total. The van der Waals surface area contributed by atoms with Crippen molar-refractivity contribution in [2.75, 3.05) is 20.1 Å². The molecule has 4 heteroatoms. The Bertz CT molecular complexity index is 678. The number of hydrogen-bond acceptors (Lipinski definition) is 3. The Labute approximate surface area is 152 Å². The number of allylic oxidation sites excluding steroid dienone is 2. The molecule has 0 radical (unpaired) electrons. The minimum atomic E-state index is -0.875. The lowest BCUT2D eigenvalue weighted by Crippen LogP contribution is -2.49. The van der Waals surface area contributed by atoms with E-state index >= 15 is 0 Å². The molecule has 1 fully saturated rings. The number of nitrogens with zero attached hydrogens (tertiary/aromatic N) is 1. The maximum Gasteiger partial charge on any atom is 0.102 e. The van der Waals surface area contributed by atoms with E-state index in [1.165, 1.54) is 0 Å². The summed E-state index contributed by atoms with van der Waals surface area (Å²) in [5, 5.41) is 12.1. The molecule has 3 unspecified atom stereocenters. The van der Waals surface area contributed by atoms with Gasteiger partial charge in [0.2, 0.25) is 0 Å². The molecular formula is C20H24BrNO2. The monoisotopic (exact) mass is 389 g/mol. The number of rotatable bonds is 1. The van der Waals surface area contributed by atoms with Crippen LogP contribution in [0.5, 0.6) is 0 Å². The third kappa shape index (κ3) is 2.70. The highest BCUT2D eigenvalue weighted by molar-refractivity contribution is 9.11. The number of aliphatic hydroxyl groups is 1. The molecule has 3 atom stereocenters. The smallest absolute Gasteiger partial charge is 0.102 e. The van der Waals surface area contributed by atoms with Crippen molar-refractivity contribution in [3.8, 4) is 0 Å². The molecule has 0 amide bonds. The largest absolute Gasteiger partial charge is 0.384 e. The number of fused-ring (bicyclic) bond motifs is 2. The number of likely N-dealkylation sites (tertiary alicyclic amines) is 1. The SMILES string of the molecule is CN1CCC(C2(O)c3ccccc3COC3C=C(Br)C=CC32)CC1. The third-order valence-electron chi connectivity index (χ3n) is 5.87. The van der Waals surface area contributed by atoms with Gasteiger partial charge in [0.1, 0.15) is 5.60 Å². The molecule has 1 saturated heterocycles. The van der Waals surface area contributed by atoms with Crippen LogP contribution in [-0.4, -0.2) is 36.2 Å². The lowest BCUT2D eigenvalue weighted by atomic mass is 9.66. The van der Waals surface area contributed by atoms with Gasteiger partial charge in [0.05, 0.1) is 12.7 Å². The Kier molecular flexibility index (Phi) is 4.42. The summed E-state index contributed by atoms with van der Waals surface area (Å²) in [7, 11) is 2.16. The van der Waals surface area contributed by atoms with Crippen molar-refractivity contribution in [1.82, 2.24) is 4.90 Å². The minimum absolute atomic E-state index is 0.0455. The summed E-state index contributed by atoms with van der Waals surface area (Å²) in [4.78, 5) is 2.35. The lowest BCUT2D eigenvalue weighted by molar-refractivity contribution is -0.108. The fourth-order valence-electron chi connectivity index (χ4n) is 4.51. The van der Waals surface area contributed by atoms with Crippen molar-refractivity contribution in [3.63, 3.8) is 0 Å². The van der Waals surface area contributed by atoms with Gasteiger partial charge in [0.15, 0.2) is 0 Å². The van der Waals surface area contributed by atoms with Crippen LogP contribution in [0.15, 0.2) is 47.0 Å². The zero-order valence-corrected chi connectivity index (χ0v) is 15.6. The van der Waals surface area contributed by atoms with Gasteiger partial charge in [-0.25, -0.2) is 0 Å². The molecule has 128 valence electrons. The van der Waals surface area contributed by atoms with E-state index in [0.717, 1.165) is 41.5 Å². The Morgan fingerprint density at radius 3 is 2.79 bits per heavy atom. The van der Waals surface area contributed by atoms with Gasteiger partial charge in [-0.1, -0.05) is 52.3 Å². The molecule has 1 N–H and O–H groups in total. The Morgan fingerprint density at radius 2 is 2.00 bits per heavy atom. The van der Waals surface area contributed by atoms with E-state index in [1.54, 1.807) is 0 Å². The van der Waals surface area contributed by atoms with Crippen LogP contribution in [0.2, 0.25) is 0 Å². The first-order valence-electron chi connectivity index (χ1n) is 8.75. The Hall–Kier alpha value is -0.940. The van der Waals surface area contributed by atoms with Crippen molar-refractivity contribution in [3.05, 3.63) is 58.1 Å². The summed E-state index contributed by atoms with van der Waals surface area (Å²) in [6.07, 6.45) is 8.22. The van der Waals surface area contributed by atoms with Crippen LogP contribution in [0.25, 0.3) is 0 Å². The normalized spacial score (nSPS) is 34.2. The first kappa shape index (κ1) is 16.5. The topological polar surface area (TPSA) is 32.7 Å². The zero-order chi connectivity index (χ0) is 16.7. The van der Waals surface area contributed by atoms with E-state index in [1.807, 2.05) is 12.1 Å². The maximum absolute atomic E-state index is 12.1. The second-order valence-corrected chi connectivity index (χ2v) is 8.19. The van der Waals surface area contributed by atoms with Gasteiger partial charge < -0.3 is 14.7 Å². The van der Waals surface area contributed by atoms with Gasteiger partial charge in [-0.3, -0.25) is 0 Å². The minimum Gasteiger partial charge on any atom is -0.384 e. The quantitative estimate of drug-likeness (QED) is 0.796. The van der Waals surface area contributed by atoms with Crippen molar-refractivity contribution < 1.29 is 9.84 Å². The predicted octanol–water partition coefficient (Wildman–Crippen LogP) is 3.58. The summed E-state index contributed by atoms with van der Waals surface area (Å²) in [6, 6.07) is 8.26. The lowest BCUT2D eigenvalue weighted by Gasteiger charge is -2.46. The number of hydrogen-bond donors (Lipinski definition) is 1. The zero-order valence-electron chi connectivity index (χ0n) is 14.0. The van der Waals surface area contributed by atoms with Gasteiger partial charge in [0, 0.05) is 10.4 Å². The van der Waals surface area contributed by atoms with Crippen LogP contribution >= 0.6 is 15.9 Å². The third-order valence-corrected chi connectivity index (χ3v) is 6.40. The van der Waals surface area contributed by atoms with Crippen molar-refractivity contribution in [2.24, 2.45) is 11.8 Å². The molecule has 1 aromatic carbocycles. The maximum atomic E-state index is 12.1. The molecule has 2 heterocycles. The fourth-order valence-corrected chi connectivity index (χ4v) is 4.93. The molecule has 4 rings (SSSR count). The van der Waals surface area contributed by atoms with Crippen LogP contribution in [0.3, 0.4) is 0 Å². The van der Waals surface area contributed by atoms with E-state index < -0.39 is 5.60 Å². The van der Waals surface area contributed by atoms with Crippen LogP contribution < -0.4 is 0 Å². The Balaban J connectivity index is 1.81. The molecular weight excluding hydrogens is 366 g/mol. The predicted molar refractivity (Wildman–Crippen MR) is 98.8 cm³/mol. The van der Waals surface area contributed by atoms with Crippen molar-refractivity contribution in [2.45, 2.75) is 31.2 Å². The summed E-state index contributed by atoms with van der Waals surface area (Å²) in [6.45, 7) is 2.63. The van der Waals surface area contributed by atoms with Crippen LogP contribution in [0.4, 0.5) is 0 Å². The number of ether oxygens (including phenoxy) is 1. The van der Waals surface area contributed by atoms with E-state index in [2.05, 4.69) is 58.2 Å². The number of benzene rings is 1. The summed E-state index contributed by atoms with van der Waals surface area (Å²) in [5.74, 6) is 0.204. The molecule has 0 saturated carbocycles. The fraction of sp³-hybridized carbons (Fsp3) is 0.500. The van der Waals surface area contributed by atoms with Crippen LogP contribution in [-0.2, 0) is 16.9 Å². The average molecular weight is 390 g/mol. The first-order chi connectivity index (χ1) is 11.6. The highest BCUT2D eigenvalue weighted by Gasteiger charge is 2.50. The van der Waals surface area contributed by atoms with E-state index in [0.29, 0.717) is 6.61 Å². The first-order valence-corrected chi connectivity index (χ1v) is 9.55. The highest BCUT2D eigenvalue weighted by Crippen LogP contribution is 2.49. The van der Waals surface area contributed by atoms with Crippen molar-refractivity contribution in [1.29, 1.82) is 0 Å². The van der Waals surface area contributed by atoms with Crippen molar-refractivity contribution >= 4 is 15.9 Å². The molecule has 0 aromatic heterocycles. The molecule has 24 heavy (non-hydrogen) atoms. The van der Waals surface area contributed by atoms with Gasteiger partial charge in [-0.15, -0.1) is 0 Å². The molecule has 0 bridgehead atoms. The summed E-state index contributed by atoms with van der Waals surface area (Å²) in [5.41, 5.74) is 1.30. The van der Waals surface area contributed by atoms with Gasteiger partial charge >= 0.3 is 0 Å². The van der Waals surface area contributed by atoms with E-state index in [4.69, 9.17) is 4.74 Å². The van der Waals surface area contributed by atoms with Gasteiger partial charge in [-0.05, 0) is 56.1 Å². The van der Waals surface area contributed by atoms with E-state index in [-0.39, 0.29) is 17.9 Å². The molecule has 1 aliphatic carbocycles. The van der Waals surface area contributed by atoms with Crippen LogP contribution in [0.1, 0.15) is 24.0 Å². The molecule has 3 aliphatic rings. The van der Waals surface area contributed by atoms with E-state index in [9.17, 15) is 5.11 Å². The van der Waals surface area contributed by atoms with Gasteiger partial charge in [0.25, 0.3) is 0 Å². The van der Waals surface area contributed by atoms with Gasteiger partial charge in [-0.2, -0.15) is 0 Å². The second kappa shape index (κ2) is 6.41. The van der Waals surface area contributed by atoms with Crippen LogP contribution in [0, 0.1) is 11.8 Å². The standard InChI is InChI=1S/C20H24BrNO2/c1-22-10-8-15(9-11-22)20(23)17-5-3-2-4-14(17)13-24-19-12-16(21)6-7-18(19)20/h2-7,12,15,18-19,23H,8-11,13H2,1H3. The number of piperidine rings is 1. The number of halogens is 1.